The lowest BCUT2D eigenvalue weighted by atomic mass is 9.85. The molecule has 1 N–H and O–H groups in total. The Morgan fingerprint density at radius 3 is 2.48 bits per heavy atom. The molecule has 8 heteroatoms. The smallest absolute Gasteiger partial charge is 0.288 e. The fraction of sp³-hybridized carbons (Fsp3) is 0.238. The predicted octanol–water partition coefficient (Wildman–Crippen LogP) is 2.56. The first-order chi connectivity index (χ1) is 13.8. The average Bonchev–Trinajstić information content (AvgIpc) is 2.93. The second-order valence-corrected chi connectivity index (χ2v) is 7.33. The minimum absolute atomic E-state index is 0.00662. The van der Waals surface area contributed by atoms with Crippen molar-refractivity contribution < 1.29 is 9.59 Å². The van der Waals surface area contributed by atoms with Crippen LogP contribution in [0.5, 0.6) is 0 Å². The van der Waals surface area contributed by atoms with E-state index in [4.69, 9.17) is 0 Å². The third kappa shape index (κ3) is 3.02. The molecule has 0 unspecified atom stereocenters. The molecule has 0 atom stereocenters. The molecular weight excluding hydrogens is 368 g/mol. The third-order valence-electron chi connectivity index (χ3n) is 5.06. The van der Waals surface area contributed by atoms with Crippen LogP contribution in [-0.4, -0.2) is 38.8 Å². The van der Waals surface area contributed by atoms with Crippen LogP contribution in [0, 0.1) is 6.92 Å². The summed E-state index contributed by atoms with van der Waals surface area (Å²) in [5.74, 6) is 0.519. The van der Waals surface area contributed by atoms with E-state index in [9.17, 15) is 9.59 Å². The number of carbonyl (C=O) groups is 2. The monoisotopic (exact) mass is 388 g/mol. The largest absolute Gasteiger partial charge is 0.352 e. The van der Waals surface area contributed by atoms with Gasteiger partial charge in [0.05, 0.1) is 11.1 Å². The van der Waals surface area contributed by atoms with Crippen LogP contribution < -0.4 is 10.2 Å². The first kappa shape index (κ1) is 18.7. The number of nitrogens with one attached hydrogen (secondary N) is 1. The van der Waals surface area contributed by atoms with Gasteiger partial charge in [-0.15, -0.1) is 0 Å². The lowest BCUT2D eigenvalue weighted by Crippen LogP contribution is -2.34. The summed E-state index contributed by atoms with van der Waals surface area (Å²) in [6.07, 6.45) is 4.98. The minimum atomic E-state index is -0.726. The zero-order valence-electron chi connectivity index (χ0n) is 16.6. The fourth-order valence-corrected chi connectivity index (χ4v) is 3.39. The quantitative estimate of drug-likeness (QED) is 0.740. The molecular formula is C21H20N6O2. The van der Waals surface area contributed by atoms with E-state index >= 15 is 0 Å². The van der Waals surface area contributed by atoms with Crippen molar-refractivity contribution in [2.24, 2.45) is 0 Å². The SMILES string of the molecule is CNC(=O)c1nccc(N2C(=O)C(C)(C)c3ccc(-c4cnc(C)nc4)cc32)n1. The second kappa shape index (κ2) is 6.73. The summed E-state index contributed by atoms with van der Waals surface area (Å²) in [7, 11) is 1.51. The molecule has 0 fully saturated rings. The molecule has 3 heterocycles. The molecule has 2 amide bonds. The number of fused-ring (bicyclic) bond motifs is 1. The van der Waals surface area contributed by atoms with Crippen LogP contribution in [0.4, 0.5) is 11.5 Å². The summed E-state index contributed by atoms with van der Waals surface area (Å²) >= 11 is 0. The number of hydrogen-bond donors (Lipinski definition) is 1. The van der Waals surface area contributed by atoms with Gasteiger partial charge in [0.15, 0.2) is 0 Å². The second-order valence-electron chi connectivity index (χ2n) is 7.33. The molecule has 0 saturated heterocycles. The number of aromatic nitrogens is 4. The molecule has 1 aliphatic heterocycles. The summed E-state index contributed by atoms with van der Waals surface area (Å²) in [6.45, 7) is 5.59. The van der Waals surface area contributed by atoms with Crippen LogP contribution >= 0.6 is 0 Å². The Bertz CT molecular complexity index is 1120. The maximum atomic E-state index is 13.3. The number of anilines is 2. The molecule has 146 valence electrons. The molecule has 0 saturated carbocycles. The summed E-state index contributed by atoms with van der Waals surface area (Å²) in [5.41, 5.74) is 2.62. The molecule has 29 heavy (non-hydrogen) atoms. The Morgan fingerprint density at radius 1 is 1.07 bits per heavy atom. The maximum absolute atomic E-state index is 13.3. The van der Waals surface area contributed by atoms with Crippen LogP contribution in [0.2, 0.25) is 0 Å². The Morgan fingerprint density at radius 2 is 1.79 bits per heavy atom. The zero-order chi connectivity index (χ0) is 20.8. The van der Waals surface area contributed by atoms with Gasteiger partial charge in [0, 0.05) is 31.2 Å². The highest BCUT2D eigenvalue weighted by atomic mass is 16.2. The van der Waals surface area contributed by atoms with Crippen molar-refractivity contribution in [3.8, 4) is 11.1 Å². The van der Waals surface area contributed by atoms with Gasteiger partial charge in [0.1, 0.15) is 11.6 Å². The number of aryl methyl sites for hydroxylation is 1. The minimum Gasteiger partial charge on any atom is -0.352 e. The first-order valence-corrected chi connectivity index (χ1v) is 9.16. The predicted molar refractivity (Wildman–Crippen MR) is 108 cm³/mol. The summed E-state index contributed by atoms with van der Waals surface area (Å²) in [5, 5.41) is 2.50. The van der Waals surface area contributed by atoms with Gasteiger partial charge >= 0.3 is 0 Å². The molecule has 4 rings (SSSR count). The Labute approximate surface area is 168 Å². The van der Waals surface area contributed by atoms with Gasteiger partial charge < -0.3 is 5.32 Å². The maximum Gasteiger partial charge on any atom is 0.288 e. The lowest BCUT2D eigenvalue weighted by Gasteiger charge is -2.19. The molecule has 3 aromatic rings. The van der Waals surface area contributed by atoms with Crippen molar-refractivity contribution in [3.63, 3.8) is 0 Å². The number of nitrogens with zero attached hydrogens (tertiary/aromatic N) is 5. The lowest BCUT2D eigenvalue weighted by molar-refractivity contribution is -0.121. The summed E-state index contributed by atoms with van der Waals surface area (Å²) in [6, 6.07) is 7.46. The van der Waals surface area contributed by atoms with E-state index in [1.165, 1.54) is 13.2 Å². The van der Waals surface area contributed by atoms with Crippen LogP contribution in [0.15, 0.2) is 42.9 Å². The molecule has 8 nitrogen and oxygen atoms in total. The molecule has 0 spiro atoms. The summed E-state index contributed by atoms with van der Waals surface area (Å²) in [4.78, 5) is 43.6. The highest BCUT2D eigenvalue weighted by Crippen LogP contribution is 2.46. The topological polar surface area (TPSA) is 101 Å². The van der Waals surface area contributed by atoms with E-state index in [1.54, 1.807) is 23.4 Å². The third-order valence-corrected chi connectivity index (χ3v) is 5.06. The van der Waals surface area contributed by atoms with E-state index in [-0.39, 0.29) is 11.7 Å². The Balaban J connectivity index is 1.86. The Kier molecular flexibility index (Phi) is 4.34. The van der Waals surface area contributed by atoms with Gasteiger partial charge in [-0.25, -0.2) is 19.9 Å². The highest BCUT2D eigenvalue weighted by molar-refractivity contribution is 6.12. The van der Waals surface area contributed by atoms with Gasteiger partial charge in [-0.2, -0.15) is 0 Å². The van der Waals surface area contributed by atoms with Crippen molar-refractivity contribution in [3.05, 3.63) is 60.1 Å². The zero-order valence-corrected chi connectivity index (χ0v) is 16.6. The fourth-order valence-electron chi connectivity index (χ4n) is 3.39. The molecule has 0 radical (unpaired) electrons. The van der Waals surface area contributed by atoms with Gasteiger partial charge in [-0.05, 0) is 44.0 Å². The highest BCUT2D eigenvalue weighted by Gasteiger charge is 2.45. The number of hydrogen-bond acceptors (Lipinski definition) is 6. The van der Waals surface area contributed by atoms with Crippen molar-refractivity contribution in [2.45, 2.75) is 26.2 Å². The Hall–Kier alpha value is -3.68. The molecule has 1 aliphatic rings. The molecule has 0 aliphatic carbocycles. The van der Waals surface area contributed by atoms with Crippen molar-refractivity contribution >= 4 is 23.3 Å². The standard InChI is InChI=1S/C21H20N6O2/c1-12-24-10-14(11-25-12)13-5-6-15-16(9-13)27(20(29)21(15,2)3)17-7-8-23-18(26-17)19(28)22-4/h5-11H,1-4H3,(H,22,28). The number of amides is 2. The van der Waals surface area contributed by atoms with Crippen molar-refractivity contribution in [1.82, 2.24) is 25.3 Å². The average molecular weight is 388 g/mol. The van der Waals surface area contributed by atoms with E-state index in [1.807, 2.05) is 39.0 Å². The van der Waals surface area contributed by atoms with Gasteiger partial charge in [0.2, 0.25) is 11.7 Å². The van der Waals surface area contributed by atoms with E-state index in [0.717, 1.165) is 22.4 Å². The number of benzene rings is 1. The van der Waals surface area contributed by atoms with Crippen LogP contribution in [-0.2, 0) is 10.2 Å². The molecule has 0 bridgehead atoms. The van der Waals surface area contributed by atoms with Crippen LogP contribution in [0.25, 0.3) is 11.1 Å². The van der Waals surface area contributed by atoms with Crippen molar-refractivity contribution in [2.75, 3.05) is 11.9 Å². The molecule has 1 aromatic carbocycles. The van der Waals surface area contributed by atoms with Gasteiger partial charge in [-0.3, -0.25) is 14.5 Å². The van der Waals surface area contributed by atoms with Crippen LogP contribution in [0.1, 0.15) is 35.9 Å². The number of rotatable bonds is 3. The molecule has 2 aromatic heterocycles. The van der Waals surface area contributed by atoms with Gasteiger partial charge in [-0.1, -0.05) is 12.1 Å². The van der Waals surface area contributed by atoms with Gasteiger partial charge in [0.25, 0.3) is 5.91 Å². The van der Waals surface area contributed by atoms with Crippen LogP contribution in [0.3, 0.4) is 0 Å². The van der Waals surface area contributed by atoms with Crippen molar-refractivity contribution in [1.29, 1.82) is 0 Å². The normalized spacial score (nSPS) is 14.6. The van der Waals surface area contributed by atoms with E-state index in [2.05, 4.69) is 25.3 Å². The number of carbonyl (C=O) groups excluding carboxylic acids is 2. The van der Waals surface area contributed by atoms with E-state index in [0.29, 0.717) is 11.6 Å². The van der Waals surface area contributed by atoms with E-state index < -0.39 is 11.3 Å². The first-order valence-electron chi connectivity index (χ1n) is 9.16. The summed E-state index contributed by atoms with van der Waals surface area (Å²) < 4.78 is 0.